The van der Waals surface area contributed by atoms with Crippen molar-refractivity contribution in [2.75, 3.05) is 19.8 Å². The summed E-state index contributed by atoms with van der Waals surface area (Å²) in [5.41, 5.74) is -5.51. The molecule has 2 aliphatic carbocycles. The van der Waals surface area contributed by atoms with E-state index in [1.54, 1.807) is 13.8 Å². The van der Waals surface area contributed by atoms with Gasteiger partial charge in [-0.05, 0) is 76.2 Å². The molecular formula is C38H51F6NO10. The van der Waals surface area contributed by atoms with Crippen molar-refractivity contribution in [2.24, 2.45) is 46.4 Å². The lowest BCUT2D eigenvalue weighted by atomic mass is 9.56. The Hall–Kier alpha value is -1.99. The first kappa shape index (κ1) is 39.8. The minimum Gasteiger partial charge on any atom is -0.477 e. The first-order valence-corrected chi connectivity index (χ1v) is 19.5. The van der Waals surface area contributed by atoms with Crippen molar-refractivity contribution in [3.63, 3.8) is 0 Å². The second kappa shape index (κ2) is 13.5. The molecule has 0 aromatic heterocycles. The van der Waals surface area contributed by atoms with Gasteiger partial charge in [-0.1, -0.05) is 26.8 Å². The predicted octanol–water partition coefficient (Wildman–Crippen LogP) is 8.20. The summed E-state index contributed by atoms with van der Waals surface area (Å²) in [6, 6.07) is 0. The van der Waals surface area contributed by atoms with Crippen LogP contribution < -0.4 is 0 Å². The third-order valence-electron chi connectivity index (χ3n) is 14.0. The van der Waals surface area contributed by atoms with Crippen LogP contribution in [0, 0.1) is 41.4 Å². The van der Waals surface area contributed by atoms with E-state index in [0.717, 1.165) is 0 Å². The highest BCUT2D eigenvalue weighted by Gasteiger charge is 2.77. The number of alkyl halides is 6. The number of allylic oxidation sites excluding steroid dienone is 1. The summed E-state index contributed by atoms with van der Waals surface area (Å²) in [6.07, 6.45) is -4.95. The van der Waals surface area contributed by atoms with Gasteiger partial charge in [0.05, 0.1) is 13.2 Å². The topological polar surface area (TPSA) is 105 Å². The van der Waals surface area contributed by atoms with E-state index in [1.165, 1.54) is 26.0 Å². The molecule has 4 bridgehead atoms. The molecule has 55 heavy (non-hydrogen) atoms. The predicted molar refractivity (Wildman–Crippen MR) is 178 cm³/mol. The Morgan fingerprint density at radius 1 is 0.745 bits per heavy atom. The monoisotopic (exact) mass is 795 g/mol. The van der Waals surface area contributed by atoms with E-state index < -0.39 is 83.6 Å². The van der Waals surface area contributed by atoms with Gasteiger partial charge < -0.3 is 28.4 Å². The van der Waals surface area contributed by atoms with E-state index in [4.69, 9.17) is 48.0 Å². The number of fused-ring (bicyclic) bond motifs is 4. The molecule has 7 saturated heterocycles. The fraction of sp³-hybridized carbons (Fsp3) is 0.868. The van der Waals surface area contributed by atoms with Crippen LogP contribution in [0.15, 0.2) is 28.5 Å². The van der Waals surface area contributed by atoms with Crippen LogP contribution in [-0.2, 0) is 48.0 Å². The minimum absolute atomic E-state index is 0.0672. The van der Waals surface area contributed by atoms with Gasteiger partial charge in [-0.3, -0.25) is 0 Å². The Morgan fingerprint density at radius 2 is 1.35 bits per heavy atom. The lowest BCUT2D eigenvalue weighted by Crippen LogP contribution is -2.75. The average Bonchev–Trinajstić information content (AvgIpc) is 3.48. The molecule has 9 fully saturated rings. The third-order valence-corrected chi connectivity index (χ3v) is 14.0. The maximum absolute atomic E-state index is 15.2. The SMILES string of the molecule is C/C(=N\[C@@]1(C(F)(F)F)O[C@@H]2O[C@]3(C)CC[C@H]4[C@H](C)CC[C@@H]([C@H]1C)[C@@]24OO3)OC/C=C/COCC1=C(C(F)(F)F)O[C@@H]2O[C@]3(C)CC[C@H]4[C@H](C)CC[C@@H]1[C@@]24OO3. The van der Waals surface area contributed by atoms with Crippen LogP contribution in [-0.4, -0.2) is 79.2 Å². The van der Waals surface area contributed by atoms with Crippen molar-refractivity contribution in [1.29, 1.82) is 0 Å². The molecule has 0 radical (unpaired) electrons. The number of aliphatic imine (C=N–C) groups is 1. The zero-order valence-electron chi connectivity index (χ0n) is 31.9. The Labute approximate surface area is 316 Å². The average molecular weight is 796 g/mol. The van der Waals surface area contributed by atoms with Crippen LogP contribution in [0.1, 0.15) is 92.9 Å². The van der Waals surface area contributed by atoms with Crippen LogP contribution in [0.5, 0.6) is 0 Å². The Kier molecular flexibility index (Phi) is 9.80. The molecule has 11 nitrogen and oxygen atoms in total. The lowest BCUT2D eigenvalue weighted by Gasteiger charge is -2.62. The molecule has 0 aromatic carbocycles. The Balaban J connectivity index is 0.946. The van der Waals surface area contributed by atoms with Gasteiger partial charge in [0.15, 0.2) is 23.4 Å². The summed E-state index contributed by atoms with van der Waals surface area (Å²) in [5.74, 6) is -6.40. The first-order chi connectivity index (χ1) is 25.8. The lowest BCUT2D eigenvalue weighted by molar-refractivity contribution is -0.583. The van der Waals surface area contributed by atoms with Crippen LogP contribution in [0.2, 0.25) is 0 Å². The molecule has 14 atom stereocenters. The third kappa shape index (κ3) is 6.19. The number of rotatable bonds is 7. The zero-order chi connectivity index (χ0) is 39.4. The van der Waals surface area contributed by atoms with E-state index in [2.05, 4.69) is 18.8 Å². The van der Waals surface area contributed by atoms with Gasteiger partial charge in [-0.15, -0.1) is 0 Å². The standard InChI is InChI=1S/C38H51F6NO10/c1-20-9-11-27-22(3)36(38(42,43)44,51-31-34(27)25(20)13-16-33(6,50-31)53-54-34)45-23(4)47-18-8-7-17-46-19-24-28-12-10-21(2)26-14-15-32(5)49-30(35(26,28)55-52-32)48-29(24)37(39,40)41/h7-8,20-22,25-28,30-31H,9-19H2,1-6H3/b8-7+,45-23+/t20-,21-,22-,25+,26+,27+,28+,30-,31+,32+,33+,34-,35-,36-/m1/s1. The quantitative estimate of drug-likeness (QED) is 0.0626. The number of hydrogen-bond acceptors (Lipinski definition) is 11. The number of nitrogens with zero attached hydrogens (tertiary/aromatic N) is 1. The van der Waals surface area contributed by atoms with Crippen LogP contribution in [0.25, 0.3) is 0 Å². The molecule has 8 aliphatic heterocycles. The number of halogens is 6. The van der Waals surface area contributed by atoms with Gasteiger partial charge in [-0.2, -0.15) is 26.3 Å². The summed E-state index contributed by atoms with van der Waals surface area (Å²) < 4.78 is 124. The molecule has 10 rings (SSSR count). The molecule has 8 heterocycles. The summed E-state index contributed by atoms with van der Waals surface area (Å²) in [5, 5.41) is 0. The second-order valence-corrected chi connectivity index (χ2v) is 17.3. The highest BCUT2D eigenvalue weighted by atomic mass is 19.4. The highest BCUT2D eigenvalue weighted by Crippen LogP contribution is 2.65. The van der Waals surface area contributed by atoms with Crippen molar-refractivity contribution in [3.05, 3.63) is 23.5 Å². The summed E-state index contributed by atoms with van der Waals surface area (Å²) in [6.45, 7) is 9.51. The van der Waals surface area contributed by atoms with E-state index in [1.807, 2.05) is 0 Å². The molecule has 310 valence electrons. The molecule has 0 unspecified atom stereocenters. The van der Waals surface area contributed by atoms with Gasteiger partial charge in [-0.25, -0.2) is 24.5 Å². The van der Waals surface area contributed by atoms with Gasteiger partial charge in [0, 0.05) is 49.0 Å². The normalized spacial score (nSPS) is 48.2. The van der Waals surface area contributed by atoms with E-state index >= 15 is 13.2 Å². The maximum Gasteiger partial charge on any atom is 0.449 e. The fourth-order valence-electron chi connectivity index (χ4n) is 11.2. The zero-order valence-corrected chi connectivity index (χ0v) is 31.9. The van der Waals surface area contributed by atoms with E-state index in [0.29, 0.717) is 51.4 Å². The van der Waals surface area contributed by atoms with Crippen LogP contribution in [0.3, 0.4) is 0 Å². The van der Waals surface area contributed by atoms with Crippen molar-refractivity contribution < 1.29 is 74.3 Å². The van der Waals surface area contributed by atoms with Crippen molar-refractivity contribution in [1.82, 2.24) is 0 Å². The van der Waals surface area contributed by atoms with E-state index in [9.17, 15) is 13.2 Å². The number of ether oxygens (including phenoxy) is 6. The fourth-order valence-corrected chi connectivity index (χ4v) is 11.2. The van der Waals surface area contributed by atoms with Crippen molar-refractivity contribution >= 4 is 5.90 Å². The molecule has 0 amide bonds. The second-order valence-electron chi connectivity index (χ2n) is 17.3. The number of hydrogen-bond donors (Lipinski definition) is 0. The molecule has 2 spiro atoms. The molecule has 17 heteroatoms. The smallest absolute Gasteiger partial charge is 0.449 e. The maximum atomic E-state index is 15.2. The first-order valence-electron chi connectivity index (χ1n) is 19.5. The van der Waals surface area contributed by atoms with Crippen LogP contribution in [0.4, 0.5) is 26.3 Å². The van der Waals surface area contributed by atoms with Crippen molar-refractivity contribution in [2.45, 2.75) is 146 Å². The van der Waals surface area contributed by atoms with Crippen LogP contribution >= 0.6 is 0 Å². The van der Waals surface area contributed by atoms with Gasteiger partial charge >= 0.3 is 12.4 Å². The van der Waals surface area contributed by atoms with Gasteiger partial charge in [0.25, 0.3) is 5.72 Å². The molecular weight excluding hydrogens is 744 g/mol. The molecule has 10 aliphatic rings. The van der Waals surface area contributed by atoms with Crippen molar-refractivity contribution in [3.8, 4) is 0 Å². The summed E-state index contributed by atoms with van der Waals surface area (Å²) in [7, 11) is 0. The Bertz CT molecular complexity index is 1590. The largest absolute Gasteiger partial charge is 0.477 e. The van der Waals surface area contributed by atoms with Gasteiger partial charge in [0.2, 0.25) is 23.6 Å². The molecule has 2 saturated carbocycles. The Morgan fingerprint density at radius 3 is 2.00 bits per heavy atom. The highest BCUT2D eigenvalue weighted by molar-refractivity contribution is 5.73. The minimum atomic E-state index is -4.93. The van der Waals surface area contributed by atoms with Gasteiger partial charge in [0.1, 0.15) is 6.61 Å². The molecule has 0 aromatic rings. The summed E-state index contributed by atoms with van der Waals surface area (Å²) in [4.78, 5) is 27.5. The molecule has 0 N–H and O–H groups in total. The summed E-state index contributed by atoms with van der Waals surface area (Å²) >= 11 is 0. The van der Waals surface area contributed by atoms with E-state index in [-0.39, 0.29) is 48.4 Å².